The van der Waals surface area contributed by atoms with E-state index in [1.54, 1.807) is 24.3 Å². The lowest BCUT2D eigenvalue weighted by Gasteiger charge is -2.10. The van der Waals surface area contributed by atoms with Crippen LogP contribution in [0.1, 0.15) is 20.7 Å². The van der Waals surface area contributed by atoms with Crippen LogP contribution in [0.2, 0.25) is 5.02 Å². The van der Waals surface area contributed by atoms with Crippen molar-refractivity contribution in [1.82, 2.24) is 0 Å². The van der Waals surface area contributed by atoms with Crippen LogP contribution >= 0.6 is 11.6 Å². The Morgan fingerprint density at radius 3 is 2.17 bits per heavy atom. The van der Waals surface area contributed by atoms with Gasteiger partial charge in [0.1, 0.15) is 5.75 Å². The summed E-state index contributed by atoms with van der Waals surface area (Å²) in [6.45, 7) is -0.285. The molecule has 2 rings (SSSR count). The molecule has 0 fully saturated rings. The molecule has 5 N–H and O–H groups in total. The molecule has 0 atom stereocenters. The lowest BCUT2D eigenvalue weighted by molar-refractivity contribution is -0.118. The SMILES string of the molecule is NC(=O)c1cc(NC(=O)COc2cccc(Cl)c2)cc(C(N)=O)c1. The lowest BCUT2D eigenvalue weighted by atomic mass is 10.1. The Bertz CT molecular complexity index is 775. The van der Waals surface area contributed by atoms with Crippen LogP contribution < -0.4 is 21.5 Å². The highest BCUT2D eigenvalue weighted by Gasteiger charge is 2.11. The second-order valence-corrected chi connectivity index (χ2v) is 5.26. The highest BCUT2D eigenvalue weighted by Crippen LogP contribution is 2.18. The molecule has 0 saturated heterocycles. The quantitative estimate of drug-likeness (QED) is 0.733. The summed E-state index contributed by atoms with van der Waals surface area (Å²) in [5, 5.41) is 2.98. The van der Waals surface area contributed by atoms with Gasteiger partial charge in [0.05, 0.1) is 0 Å². The first kappa shape index (κ1) is 17.3. The third-order valence-corrected chi connectivity index (χ3v) is 3.19. The van der Waals surface area contributed by atoms with Crippen molar-refractivity contribution < 1.29 is 19.1 Å². The van der Waals surface area contributed by atoms with Crippen LogP contribution in [-0.2, 0) is 4.79 Å². The average Bonchev–Trinajstić information content (AvgIpc) is 2.52. The maximum Gasteiger partial charge on any atom is 0.262 e. The van der Waals surface area contributed by atoms with E-state index < -0.39 is 17.7 Å². The van der Waals surface area contributed by atoms with E-state index in [0.717, 1.165) is 0 Å². The van der Waals surface area contributed by atoms with E-state index in [-0.39, 0.29) is 23.4 Å². The minimum absolute atomic E-state index is 0.0531. The van der Waals surface area contributed by atoms with Crippen molar-refractivity contribution in [3.05, 3.63) is 58.6 Å². The smallest absolute Gasteiger partial charge is 0.262 e. The molecule has 0 saturated carbocycles. The summed E-state index contributed by atoms with van der Waals surface area (Å²) in [7, 11) is 0. The highest BCUT2D eigenvalue weighted by molar-refractivity contribution is 6.30. The first-order valence-corrected chi connectivity index (χ1v) is 7.16. The molecule has 3 amide bonds. The maximum atomic E-state index is 11.9. The van der Waals surface area contributed by atoms with Crippen molar-refractivity contribution in [3.8, 4) is 5.75 Å². The van der Waals surface area contributed by atoms with E-state index in [1.807, 2.05) is 0 Å². The van der Waals surface area contributed by atoms with Gasteiger partial charge in [0.25, 0.3) is 5.91 Å². The minimum Gasteiger partial charge on any atom is -0.484 e. The Hall–Kier alpha value is -3.06. The molecule has 0 aliphatic heterocycles. The molecule has 0 aromatic heterocycles. The zero-order valence-electron chi connectivity index (χ0n) is 12.4. The normalized spacial score (nSPS) is 10.0. The Morgan fingerprint density at radius 2 is 1.62 bits per heavy atom. The van der Waals surface area contributed by atoms with Gasteiger partial charge in [0.15, 0.2) is 6.61 Å². The van der Waals surface area contributed by atoms with Crippen LogP contribution in [0.5, 0.6) is 5.75 Å². The fraction of sp³-hybridized carbons (Fsp3) is 0.0625. The van der Waals surface area contributed by atoms with E-state index in [4.69, 9.17) is 27.8 Å². The summed E-state index contributed by atoms with van der Waals surface area (Å²) < 4.78 is 5.30. The average molecular weight is 348 g/mol. The topological polar surface area (TPSA) is 125 Å². The Labute approximate surface area is 142 Å². The molecule has 7 nitrogen and oxygen atoms in total. The standard InChI is InChI=1S/C16H14ClN3O4/c17-11-2-1-3-13(7-11)24-8-14(21)20-12-5-9(15(18)22)4-10(6-12)16(19)23/h1-7H,8H2,(H2,18,22)(H2,19,23)(H,20,21). The van der Waals surface area contributed by atoms with Gasteiger partial charge in [-0.2, -0.15) is 0 Å². The number of nitrogens with one attached hydrogen (secondary N) is 1. The molecule has 2 aromatic rings. The molecule has 24 heavy (non-hydrogen) atoms. The lowest BCUT2D eigenvalue weighted by Crippen LogP contribution is -2.22. The van der Waals surface area contributed by atoms with Crippen molar-refractivity contribution in [2.45, 2.75) is 0 Å². The first-order chi connectivity index (χ1) is 11.3. The Balaban J connectivity index is 2.08. The number of amides is 3. The molecule has 0 aliphatic rings. The van der Waals surface area contributed by atoms with Crippen LogP contribution in [0.3, 0.4) is 0 Å². The van der Waals surface area contributed by atoms with Gasteiger partial charge >= 0.3 is 0 Å². The molecule has 0 unspecified atom stereocenters. The molecule has 2 aromatic carbocycles. The van der Waals surface area contributed by atoms with Gasteiger partial charge in [-0.3, -0.25) is 14.4 Å². The number of carbonyl (C=O) groups is 3. The van der Waals surface area contributed by atoms with E-state index in [2.05, 4.69) is 5.32 Å². The van der Waals surface area contributed by atoms with Crippen molar-refractivity contribution in [3.63, 3.8) is 0 Å². The summed E-state index contributed by atoms with van der Waals surface area (Å²) in [4.78, 5) is 34.5. The van der Waals surface area contributed by atoms with E-state index in [9.17, 15) is 14.4 Å². The third-order valence-electron chi connectivity index (χ3n) is 2.95. The van der Waals surface area contributed by atoms with Crippen LogP contribution in [0, 0.1) is 0 Å². The molecule has 124 valence electrons. The Morgan fingerprint density at radius 1 is 1.00 bits per heavy atom. The summed E-state index contributed by atoms with van der Waals surface area (Å²) >= 11 is 5.82. The zero-order chi connectivity index (χ0) is 17.7. The summed E-state index contributed by atoms with van der Waals surface area (Å²) in [6, 6.07) is 10.5. The molecule has 0 bridgehead atoms. The molecule has 0 radical (unpaired) electrons. The number of benzene rings is 2. The number of ether oxygens (including phenoxy) is 1. The highest BCUT2D eigenvalue weighted by atomic mass is 35.5. The fourth-order valence-electron chi connectivity index (χ4n) is 1.89. The maximum absolute atomic E-state index is 11.9. The number of nitrogens with two attached hydrogens (primary N) is 2. The van der Waals surface area contributed by atoms with Crippen molar-refractivity contribution in [1.29, 1.82) is 0 Å². The predicted octanol–water partition coefficient (Wildman–Crippen LogP) is 1.56. The molecule has 0 heterocycles. The van der Waals surface area contributed by atoms with Gasteiger partial charge in [-0.25, -0.2) is 0 Å². The number of hydrogen-bond donors (Lipinski definition) is 3. The summed E-state index contributed by atoms with van der Waals surface area (Å²) in [5.41, 5.74) is 10.7. The second-order valence-electron chi connectivity index (χ2n) is 4.82. The molecular weight excluding hydrogens is 334 g/mol. The van der Waals surface area contributed by atoms with Gasteiger partial charge in [-0.1, -0.05) is 17.7 Å². The van der Waals surface area contributed by atoms with Gasteiger partial charge < -0.3 is 21.5 Å². The number of halogens is 1. The number of anilines is 1. The summed E-state index contributed by atoms with van der Waals surface area (Å²) in [5.74, 6) is -1.55. The second kappa shape index (κ2) is 7.47. The third kappa shape index (κ3) is 4.72. The predicted molar refractivity (Wildman–Crippen MR) is 89.1 cm³/mol. The van der Waals surface area contributed by atoms with Gasteiger partial charge in [0.2, 0.25) is 11.8 Å². The van der Waals surface area contributed by atoms with Crippen LogP contribution in [0.15, 0.2) is 42.5 Å². The van der Waals surface area contributed by atoms with E-state index in [1.165, 1.54) is 18.2 Å². The van der Waals surface area contributed by atoms with Gasteiger partial charge in [0, 0.05) is 21.8 Å². The van der Waals surface area contributed by atoms with Crippen molar-refractivity contribution >= 4 is 35.0 Å². The fourth-order valence-corrected chi connectivity index (χ4v) is 2.07. The summed E-state index contributed by atoms with van der Waals surface area (Å²) in [6.07, 6.45) is 0. The van der Waals surface area contributed by atoms with Crippen LogP contribution in [0.4, 0.5) is 5.69 Å². The molecule has 0 spiro atoms. The molecule has 0 aliphatic carbocycles. The van der Waals surface area contributed by atoms with Crippen LogP contribution in [-0.4, -0.2) is 24.3 Å². The van der Waals surface area contributed by atoms with Crippen LogP contribution in [0.25, 0.3) is 0 Å². The number of rotatable bonds is 6. The first-order valence-electron chi connectivity index (χ1n) is 6.78. The molecule has 8 heteroatoms. The van der Waals surface area contributed by atoms with Gasteiger partial charge in [-0.15, -0.1) is 0 Å². The Kier molecular flexibility index (Phi) is 5.39. The van der Waals surface area contributed by atoms with E-state index in [0.29, 0.717) is 10.8 Å². The van der Waals surface area contributed by atoms with Crippen molar-refractivity contribution in [2.75, 3.05) is 11.9 Å². The molecular formula is C16H14ClN3O4. The monoisotopic (exact) mass is 347 g/mol. The largest absolute Gasteiger partial charge is 0.484 e. The minimum atomic E-state index is -0.747. The number of primary amides is 2. The van der Waals surface area contributed by atoms with Crippen molar-refractivity contribution in [2.24, 2.45) is 11.5 Å². The zero-order valence-corrected chi connectivity index (χ0v) is 13.2. The number of hydrogen-bond acceptors (Lipinski definition) is 4. The van der Waals surface area contributed by atoms with Gasteiger partial charge in [-0.05, 0) is 36.4 Å². The number of carbonyl (C=O) groups excluding carboxylic acids is 3. The van der Waals surface area contributed by atoms with E-state index >= 15 is 0 Å².